The number of furan rings is 1. The van der Waals surface area contributed by atoms with E-state index in [1.165, 1.54) is 30.5 Å². The molecule has 4 bridgehead atoms. The van der Waals surface area contributed by atoms with Crippen LogP contribution in [-0.2, 0) is 20.0 Å². The summed E-state index contributed by atoms with van der Waals surface area (Å²) in [6, 6.07) is 9.24. The molecular formula is C21H22N6O5S2. The van der Waals surface area contributed by atoms with E-state index in [0.717, 1.165) is 0 Å². The maximum atomic E-state index is 12.5. The Balaban J connectivity index is 1.48. The Hall–Kier alpha value is -3.44. The topological polar surface area (TPSA) is 155 Å². The molecule has 13 heteroatoms. The van der Waals surface area contributed by atoms with Crippen LogP contribution in [0.25, 0.3) is 0 Å². The van der Waals surface area contributed by atoms with E-state index in [0.29, 0.717) is 30.0 Å². The van der Waals surface area contributed by atoms with E-state index in [4.69, 9.17) is 4.42 Å². The van der Waals surface area contributed by atoms with E-state index in [2.05, 4.69) is 41.9 Å². The van der Waals surface area contributed by atoms with Crippen LogP contribution >= 0.6 is 0 Å². The van der Waals surface area contributed by atoms with Crippen molar-refractivity contribution in [1.29, 1.82) is 0 Å². The van der Waals surface area contributed by atoms with Crippen LogP contribution in [0.15, 0.2) is 63.3 Å². The number of hydrogen-bond donors (Lipinski definition) is 4. The summed E-state index contributed by atoms with van der Waals surface area (Å²) < 4.78 is 58.9. The minimum absolute atomic E-state index is 0.107. The number of hydrogen-bond acceptors (Lipinski definition) is 9. The number of nitrogens with one attached hydrogen (secondary N) is 4. The normalized spacial score (nSPS) is 15.3. The Morgan fingerprint density at radius 2 is 2.06 bits per heavy atom. The van der Waals surface area contributed by atoms with Gasteiger partial charge in [0.15, 0.2) is 0 Å². The molecule has 4 rings (SSSR count). The third-order valence-electron chi connectivity index (χ3n) is 4.65. The highest BCUT2D eigenvalue weighted by atomic mass is 32.2. The molecule has 1 aliphatic heterocycles. The summed E-state index contributed by atoms with van der Waals surface area (Å²) in [5.41, 5.74) is 1.05. The van der Waals surface area contributed by atoms with E-state index in [-0.39, 0.29) is 35.4 Å². The maximum absolute atomic E-state index is 12.5. The van der Waals surface area contributed by atoms with Gasteiger partial charge in [0, 0.05) is 31.7 Å². The largest absolute Gasteiger partial charge is 0.452 e. The minimum Gasteiger partial charge on any atom is -0.452 e. The van der Waals surface area contributed by atoms with Crippen LogP contribution in [0.4, 0.5) is 17.5 Å². The monoisotopic (exact) mass is 502 g/mol. The van der Waals surface area contributed by atoms with Crippen LogP contribution < -0.4 is 20.1 Å². The van der Waals surface area contributed by atoms with Crippen molar-refractivity contribution >= 4 is 37.5 Å². The second-order valence-electron chi connectivity index (χ2n) is 7.17. The molecule has 3 aromatic rings. The van der Waals surface area contributed by atoms with Crippen molar-refractivity contribution < 1.29 is 21.3 Å². The molecule has 0 amide bonds. The predicted octanol–water partition coefficient (Wildman–Crippen LogP) is 1.63. The second kappa shape index (κ2) is 10.2. The first kappa shape index (κ1) is 23.7. The lowest BCUT2D eigenvalue weighted by atomic mass is 10.3. The summed E-state index contributed by atoms with van der Waals surface area (Å²) in [7, 11) is -7.33. The van der Waals surface area contributed by atoms with Gasteiger partial charge in [-0.3, -0.25) is 0 Å². The Labute approximate surface area is 197 Å². The molecule has 0 spiro atoms. The van der Waals surface area contributed by atoms with Crippen molar-refractivity contribution in [1.82, 2.24) is 19.4 Å². The molecular weight excluding hydrogens is 480 g/mol. The summed E-state index contributed by atoms with van der Waals surface area (Å²) in [6.45, 7) is 0.811. The Kier molecular flexibility index (Phi) is 7.13. The number of benzene rings is 1. The van der Waals surface area contributed by atoms with E-state index in [1.54, 1.807) is 18.3 Å². The first-order chi connectivity index (χ1) is 16.3. The van der Waals surface area contributed by atoms with Gasteiger partial charge in [-0.2, -0.15) is 4.98 Å². The van der Waals surface area contributed by atoms with Gasteiger partial charge < -0.3 is 15.1 Å². The van der Waals surface area contributed by atoms with Gasteiger partial charge in [-0.25, -0.2) is 31.3 Å². The molecule has 0 fully saturated rings. The van der Waals surface area contributed by atoms with Crippen LogP contribution in [0.1, 0.15) is 18.4 Å². The van der Waals surface area contributed by atoms with Gasteiger partial charge in [0.2, 0.25) is 21.1 Å². The zero-order chi connectivity index (χ0) is 24.0. The van der Waals surface area contributed by atoms with Gasteiger partial charge >= 0.3 is 0 Å². The van der Waals surface area contributed by atoms with Crippen LogP contribution in [-0.4, -0.2) is 46.4 Å². The van der Waals surface area contributed by atoms with Crippen molar-refractivity contribution in [2.75, 3.05) is 30.3 Å². The molecule has 2 aromatic heterocycles. The molecule has 0 unspecified atom stereocenters. The number of nitrogens with zero attached hydrogens (tertiary/aromatic N) is 2. The molecule has 1 aromatic carbocycles. The zero-order valence-corrected chi connectivity index (χ0v) is 19.5. The first-order valence-corrected chi connectivity index (χ1v) is 13.3. The molecule has 0 radical (unpaired) electrons. The van der Waals surface area contributed by atoms with E-state index in [9.17, 15) is 16.8 Å². The molecule has 0 saturated heterocycles. The molecule has 4 N–H and O–H groups in total. The number of rotatable bonds is 4. The summed E-state index contributed by atoms with van der Waals surface area (Å²) >= 11 is 0. The van der Waals surface area contributed by atoms with Gasteiger partial charge in [-0.05, 0) is 36.8 Å². The van der Waals surface area contributed by atoms with Crippen LogP contribution in [0.3, 0.4) is 0 Å². The lowest BCUT2D eigenvalue weighted by Crippen LogP contribution is -2.26. The maximum Gasteiger partial charge on any atom is 0.273 e. The summed E-state index contributed by atoms with van der Waals surface area (Å²) in [5, 5.41) is 6.01. The number of fused-ring (bicyclic) bond motifs is 4. The third-order valence-corrected chi connectivity index (χ3v) is 7.46. The molecule has 178 valence electrons. The van der Waals surface area contributed by atoms with E-state index >= 15 is 0 Å². The third kappa shape index (κ3) is 5.91. The van der Waals surface area contributed by atoms with Crippen LogP contribution in [0.2, 0.25) is 0 Å². The zero-order valence-electron chi connectivity index (χ0n) is 17.9. The highest BCUT2D eigenvalue weighted by Crippen LogP contribution is 2.20. The Morgan fingerprint density at radius 3 is 2.88 bits per heavy atom. The van der Waals surface area contributed by atoms with Gasteiger partial charge in [0.1, 0.15) is 5.82 Å². The summed E-state index contributed by atoms with van der Waals surface area (Å²) in [5.74, 6) is 6.63. The van der Waals surface area contributed by atoms with Crippen LogP contribution in [0, 0.1) is 11.8 Å². The molecule has 1 aliphatic rings. The molecule has 34 heavy (non-hydrogen) atoms. The smallest absolute Gasteiger partial charge is 0.273 e. The SMILES string of the molecule is O=S1(=O)NCCCNc2nc(ncc2C#CCCNS(=O)(=O)c2ccco2)Nc2cccc1c2. The molecule has 11 nitrogen and oxygen atoms in total. The van der Waals surface area contributed by atoms with E-state index in [1.807, 2.05) is 0 Å². The van der Waals surface area contributed by atoms with Crippen molar-refractivity contribution in [3.05, 3.63) is 54.4 Å². The summed E-state index contributed by atoms with van der Waals surface area (Å²) in [6.07, 6.45) is 3.62. The molecule has 3 heterocycles. The highest BCUT2D eigenvalue weighted by molar-refractivity contribution is 7.89. The molecule has 0 aliphatic carbocycles. The fraction of sp³-hybridized carbons (Fsp3) is 0.238. The molecule has 0 atom stereocenters. The van der Waals surface area contributed by atoms with Crippen LogP contribution in [0.5, 0.6) is 0 Å². The lowest BCUT2D eigenvalue weighted by Gasteiger charge is -2.10. The average molecular weight is 503 g/mol. The number of sulfonamides is 2. The van der Waals surface area contributed by atoms with Crippen molar-refractivity contribution in [2.45, 2.75) is 22.8 Å². The van der Waals surface area contributed by atoms with Gasteiger partial charge in [0.05, 0.1) is 22.9 Å². The summed E-state index contributed by atoms with van der Waals surface area (Å²) in [4.78, 5) is 8.89. The standard InChI is InChI=1S/C21H22N6O5S2/c28-33(29)18-8-3-7-17(14-18)26-21-23-15-16(20(27-21)22-10-5-12-24-33)6-1-2-11-25-34(30,31)19-9-4-13-32-19/h3-4,7-9,13-15,24-25H,2,5,10-12H2,(H2,22,23,26,27). The first-order valence-electron chi connectivity index (χ1n) is 10.3. The van der Waals surface area contributed by atoms with Gasteiger partial charge in [-0.1, -0.05) is 17.9 Å². The van der Waals surface area contributed by atoms with Gasteiger partial charge in [0.25, 0.3) is 10.0 Å². The fourth-order valence-corrected chi connectivity index (χ4v) is 5.09. The average Bonchev–Trinajstić information content (AvgIpc) is 3.36. The number of anilines is 3. The van der Waals surface area contributed by atoms with E-state index < -0.39 is 20.0 Å². The lowest BCUT2D eigenvalue weighted by molar-refractivity contribution is 0.446. The minimum atomic E-state index is -3.71. The van der Waals surface area contributed by atoms with Crippen molar-refractivity contribution in [3.8, 4) is 11.8 Å². The number of aromatic nitrogens is 2. The Morgan fingerprint density at radius 1 is 1.18 bits per heavy atom. The predicted molar refractivity (Wildman–Crippen MR) is 125 cm³/mol. The second-order valence-corrected chi connectivity index (χ2v) is 10.6. The van der Waals surface area contributed by atoms with Crippen molar-refractivity contribution in [3.63, 3.8) is 0 Å². The Bertz CT molecular complexity index is 1430. The highest BCUT2D eigenvalue weighted by Gasteiger charge is 2.16. The fourth-order valence-electron chi connectivity index (χ4n) is 3.02. The quantitative estimate of drug-likeness (QED) is 0.308. The molecule has 0 saturated carbocycles. The van der Waals surface area contributed by atoms with Gasteiger partial charge in [-0.15, -0.1) is 0 Å². The van der Waals surface area contributed by atoms with Crippen molar-refractivity contribution in [2.24, 2.45) is 0 Å².